The molecule has 1 rings (SSSR count). The van der Waals surface area contributed by atoms with E-state index >= 15 is 0 Å². The third kappa shape index (κ3) is 4.31. The van der Waals surface area contributed by atoms with Crippen molar-refractivity contribution in [1.29, 1.82) is 0 Å². The van der Waals surface area contributed by atoms with E-state index in [0.717, 1.165) is 5.56 Å². The molecule has 4 heteroatoms. The number of rotatable bonds is 6. The first-order valence-corrected chi connectivity index (χ1v) is 6.53. The minimum atomic E-state index is -0.815. The van der Waals surface area contributed by atoms with E-state index < -0.39 is 12.0 Å². The largest absolute Gasteiger partial charge is 0.480 e. The first-order valence-electron chi connectivity index (χ1n) is 6.53. The highest BCUT2D eigenvalue weighted by Crippen LogP contribution is 2.23. The minimum Gasteiger partial charge on any atom is -0.480 e. The number of likely N-dealkylation sites (N-methyl/N-ethyl adjacent to an activating group) is 1. The van der Waals surface area contributed by atoms with Crippen LogP contribution >= 0.6 is 0 Å². The van der Waals surface area contributed by atoms with Gasteiger partial charge in [0.2, 0.25) is 0 Å². The number of halogens is 1. The number of hydrogen-bond donors (Lipinski definition) is 1. The zero-order chi connectivity index (χ0) is 14.6. The molecule has 0 heterocycles. The predicted molar refractivity (Wildman–Crippen MR) is 73.5 cm³/mol. The van der Waals surface area contributed by atoms with Crippen molar-refractivity contribution in [1.82, 2.24) is 4.90 Å². The Bertz CT molecular complexity index is 417. The van der Waals surface area contributed by atoms with Crippen molar-refractivity contribution in [2.75, 3.05) is 7.05 Å². The number of nitrogens with zero attached hydrogens (tertiary/aromatic N) is 1. The molecule has 2 atom stereocenters. The van der Waals surface area contributed by atoms with E-state index in [9.17, 15) is 14.3 Å². The van der Waals surface area contributed by atoms with Crippen molar-refractivity contribution in [3.8, 4) is 0 Å². The molecule has 0 aliphatic heterocycles. The molecule has 0 spiro atoms. The van der Waals surface area contributed by atoms with Crippen LogP contribution in [0.15, 0.2) is 24.3 Å². The van der Waals surface area contributed by atoms with E-state index in [1.807, 2.05) is 25.7 Å². The minimum absolute atomic E-state index is 0.0690. The molecule has 106 valence electrons. The molecule has 1 aromatic rings. The van der Waals surface area contributed by atoms with Gasteiger partial charge in [0.1, 0.15) is 11.9 Å². The Hall–Kier alpha value is -1.42. The van der Waals surface area contributed by atoms with Gasteiger partial charge >= 0.3 is 5.97 Å². The van der Waals surface area contributed by atoms with Gasteiger partial charge in [-0.1, -0.05) is 26.0 Å². The third-order valence-electron chi connectivity index (χ3n) is 3.43. The van der Waals surface area contributed by atoms with Crippen molar-refractivity contribution in [3.05, 3.63) is 35.6 Å². The molecule has 1 N–H and O–H groups in total. The molecule has 0 bridgehead atoms. The van der Waals surface area contributed by atoms with Gasteiger partial charge in [-0.25, -0.2) is 4.39 Å². The molecule has 1 aromatic carbocycles. The Labute approximate surface area is 114 Å². The molecule has 0 aromatic heterocycles. The van der Waals surface area contributed by atoms with Crippen LogP contribution in [-0.4, -0.2) is 29.1 Å². The maximum atomic E-state index is 12.9. The molecule has 19 heavy (non-hydrogen) atoms. The molecule has 0 saturated heterocycles. The number of carbonyl (C=O) groups is 1. The van der Waals surface area contributed by atoms with Crippen LogP contribution in [0.2, 0.25) is 0 Å². The van der Waals surface area contributed by atoms with Crippen LogP contribution in [0.1, 0.15) is 38.8 Å². The zero-order valence-corrected chi connectivity index (χ0v) is 11.9. The van der Waals surface area contributed by atoms with E-state index in [0.29, 0.717) is 12.3 Å². The first-order chi connectivity index (χ1) is 8.82. The summed E-state index contributed by atoms with van der Waals surface area (Å²) in [4.78, 5) is 13.2. The molecular weight excluding hydrogens is 245 g/mol. The summed E-state index contributed by atoms with van der Waals surface area (Å²) in [5.41, 5.74) is 0.916. The molecular formula is C15H22FNO2. The third-order valence-corrected chi connectivity index (χ3v) is 3.43. The Morgan fingerprint density at radius 2 is 1.79 bits per heavy atom. The highest BCUT2D eigenvalue weighted by molar-refractivity contribution is 5.73. The van der Waals surface area contributed by atoms with Gasteiger partial charge in [-0.2, -0.15) is 0 Å². The Morgan fingerprint density at radius 3 is 2.21 bits per heavy atom. The second kappa shape index (κ2) is 6.66. The fourth-order valence-electron chi connectivity index (χ4n) is 2.13. The summed E-state index contributed by atoms with van der Waals surface area (Å²) in [6.45, 7) is 5.95. The molecule has 3 nitrogen and oxygen atoms in total. The lowest BCUT2D eigenvalue weighted by atomic mass is 9.99. The maximum Gasteiger partial charge on any atom is 0.320 e. The van der Waals surface area contributed by atoms with Crippen molar-refractivity contribution in [2.24, 2.45) is 5.92 Å². The summed E-state index contributed by atoms with van der Waals surface area (Å²) in [6.07, 6.45) is 0.595. The highest BCUT2D eigenvalue weighted by Gasteiger charge is 2.27. The van der Waals surface area contributed by atoms with Crippen molar-refractivity contribution < 1.29 is 14.3 Å². The lowest BCUT2D eigenvalue weighted by molar-refractivity contribution is -0.144. The SMILES string of the molecule is CC(C)CC(C(=O)O)N(C)C(C)c1ccc(F)cc1. The van der Waals surface area contributed by atoms with Crippen molar-refractivity contribution in [2.45, 2.75) is 39.3 Å². The normalized spacial score (nSPS) is 14.7. The van der Waals surface area contributed by atoms with Gasteiger partial charge in [0, 0.05) is 6.04 Å². The van der Waals surface area contributed by atoms with Gasteiger partial charge in [0.05, 0.1) is 0 Å². The fraction of sp³-hybridized carbons (Fsp3) is 0.533. The Balaban J connectivity index is 2.86. The van der Waals surface area contributed by atoms with E-state index in [1.165, 1.54) is 12.1 Å². The first kappa shape index (κ1) is 15.6. The summed E-state index contributed by atoms with van der Waals surface area (Å²) in [5, 5.41) is 9.33. The number of carboxylic acid groups (broad SMARTS) is 1. The van der Waals surface area contributed by atoms with E-state index in [1.54, 1.807) is 19.2 Å². The topological polar surface area (TPSA) is 40.5 Å². The van der Waals surface area contributed by atoms with Gasteiger partial charge < -0.3 is 5.11 Å². The number of carboxylic acids is 1. The monoisotopic (exact) mass is 267 g/mol. The molecule has 0 aliphatic rings. The molecule has 0 aliphatic carbocycles. The maximum absolute atomic E-state index is 12.9. The Kier molecular flexibility index (Phi) is 5.48. The second-order valence-electron chi connectivity index (χ2n) is 5.38. The van der Waals surface area contributed by atoms with Crippen molar-refractivity contribution in [3.63, 3.8) is 0 Å². The van der Waals surface area contributed by atoms with Crippen molar-refractivity contribution >= 4 is 5.97 Å². The second-order valence-corrected chi connectivity index (χ2v) is 5.38. The van der Waals surface area contributed by atoms with E-state index in [4.69, 9.17) is 0 Å². The smallest absolute Gasteiger partial charge is 0.320 e. The van der Waals surface area contributed by atoms with Crippen LogP contribution in [0.4, 0.5) is 4.39 Å². The fourth-order valence-corrected chi connectivity index (χ4v) is 2.13. The summed E-state index contributed by atoms with van der Waals surface area (Å²) in [7, 11) is 1.80. The Morgan fingerprint density at radius 1 is 1.26 bits per heavy atom. The lowest BCUT2D eigenvalue weighted by Crippen LogP contribution is -2.40. The molecule has 0 radical (unpaired) electrons. The summed E-state index contributed by atoms with van der Waals surface area (Å²) in [6, 6.07) is 5.60. The van der Waals surface area contributed by atoms with Crippen LogP contribution in [0.5, 0.6) is 0 Å². The molecule has 2 unspecified atom stereocenters. The lowest BCUT2D eigenvalue weighted by Gasteiger charge is -2.31. The van der Waals surface area contributed by atoms with Crippen LogP contribution in [0.3, 0.4) is 0 Å². The number of aliphatic carboxylic acids is 1. The van der Waals surface area contributed by atoms with Crippen LogP contribution < -0.4 is 0 Å². The molecule has 0 fully saturated rings. The summed E-state index contributed by atoms with van der Waals surface area (Å²) >= 11 is 0. The number of hydrogen-bond acceptors (Lipinski definition) is 2. The zero-order valence-electron chi connectivity index (χ0n) is 11.9. The van der Waals surface area contributed by atoms with Gasteiger partial charge in [-0.15, -0.1) is 0 Å². The van der Waals surface area contributed by atoms with Gasteiger partial charge in [0.25, 0.3) is 0 Å². The van der Waals surface area contributed by atoms with Crippen LogP contribution in [0.25, 0.3) is 0 Å². The highest BCUT2D eigenvalue weighted by atomic mass is 19.1. The average Bonchev–Trinajstić information content (AvgIpc) is 2.34. The van der Waals surface area contributed by atoms with E-state index in [2.05, 4.69) is 0 Å². The van der Waals surface area contributed by atoms with Gasteiger partial charge in [-0.05, 0) is 44.0 Å². The summed E-state index contributed by atoms with van der Waals surface area (Å²) < 4.78 is 12.9. The average molecular weight is 267 g/mol. The molecule has 0 saturated carbocycles. The molecule has 0 amide bonds. The predicted octanol–water partition coefficient (Wildman–Crippen LogP) is 3.32. The van der Waals surface area contributed by atoms with Gasteiger partial charge in [-0.3, -0.25) is 9.69 Å². The van der Waals surface area contributed by atoms with E-state index in [-0.39, 0.29) is 11.9 Å². The van der Waals surface area contributed by atoms with Crippen LogP contribution in [-0.2, 0) is 4.79 Å². The summed E-state index contributed by atoms with van der Waals surface area (Å²) in [5.74, 6) is -0.787. The van der Waals surface area contributed by atoms with Gasteiger partial charge in [0.15, 0.2) is 0 Å². The quantitative estimate of drug-likeness (QED) is 0.859. The standard InChI is InChI=1S/C15H22FNO2/c1-10(2)9-14(15(18)19)17(4)11(3)12-5-7-13(16)8-6-12/h5-8,10-11,14H,9H2,1-4H3,(H,18,19). The van der Waals surface area contributed by atoms with Crippen LogP contribution in [0, 0.1) is 11.7 Å². The number of benzene rings is 1.